The predicted octanol–water partition coefficient (Wildman–Crippen LogP) is 19.1. The summed E-state index contributed by atoms with van der Waals surface area (Å²) in [5.41, 5.74) is 10.1. The summed E-state index contributed by atoms with van der Waals surface area (Å²) in [7, 11) is 6.49. The van der Waals surface area contributed by atoms with E-state index in [0.29, 0.717) is 129 Å². The number of anilines is 9. The van der Waals surface area contributed by atoms with Gasteiger partial charge in [0, 0.05) is 62.6 Å². The van der Waals surface area contributed by atoms with Gasteiger partial charge in [0.1, 0.15) is 23.0 Å². The van der Waals surface area contributed by atoms with E-state index in [9.17, 15) is 0 Å². The number of rotatable bonds is 9. The molecule has 3 aliphatic heterocycles. The molecule has 0 fully saturated rings. The molecular weight excluding hydrogens is 1100 g/mol. The third kappa shape index (κ3) is 8.36. The Morgan fingerprint density at radius 3 is 1.15 bits per heavy atom. The summed E-state index contributed by atoms with van der Waals surface area (Å²) in [5, 5.41) is 4.36. The molecule has 12 nitrogen and oxygen atoms in total. The zero-order valence-corrected chi connectivity index (χ0v) is 48.0. The van der Waals surface area contributed by atoms with Crippen molar-refractivity contribution >= 4 is 94.3 Å². The van der Waals surface area contributed by atoms with Crippen LogP contribution in [0.25, 0.3) is 65.3 Å². The number of benzene rings is 11. The van der Waals surface area contributed by atoms with Gasteiger partial charge in [0.15, 0.2) is 45.4 Å². The fourth-order valence-corrected chi connectivity index (χ4v) is 12.6. The predicted molar refractivity (Wildman–Crippen MR) is 350 cm³/mol. The van der Waals surface area contributed by atoms with Gasteiger partial charge in [-0.2, -0.15) is 0 Å². The van der Waals surface area contributed by atoms with Crippen molar-refractivity contribution in [3.8, 4) is 79.7 Å². The van der Waals surface area contributed by atoms with Crippen molar-refractivity contribution in [1.29, 1.82) is 0 Å². The largest absolute Gasteiger partial charge is 0.497 e. The van der Waals surface area contributed by atoms with Crippen LogP contribution in [0.3, 0.4) is 0 Å². The Hall–Kier alpha value is -11.8. The maximum absolute atomic E-state index is 16.1. The van der Waals surface area contributed by atoms with Crippen molar-refractivity contribution in [1.82, 2.24) is 0 Å². The molecule has 13 aromatic carbocycles. The van der Waals surface area contributed by atoms with Crippen molar-refractivity contribution in [3.63, 3.8) is 0 Å². The van der Waals surface area contributed by atoms with Crippen LogP contribution in [0.2, 0.25) is 0 Å². The van der Waals surface area contributed by atoms with Crippen LogP contribution in [-0.4, -0.2) is 28.4 Å². The molecule has 16 rings (SSSR count). The summed E-state index contributed by atoms with van der Waals surface area (Å²) in [4.78, 5) is 38.0. The lowest BCUT2D eigenvalue weighted by molar-refractivity contribution is 0.410. The van der Waals surface area contributed by atoms with Crippen LogP contribution < -0.4 is 58.7 Å². The Labute approximate surface area is 504 Å². The Kier molecular flexibility index (Phi) is 12.1. The van der Waals surface area contributed by atoms with Crippen molar-refractivity contribution < 1.29 is 33.2 Å². The van der Waals surface area contributed by atoms with Crippen LogP contribution in [0.4, 0.5) is 51.2 Å². The number of hydrogen-bond donors (Lipinski definition) is 0. The van der Waals surface area contributed by atoms with Gasteiger partial charge in [-0.1, -0.05) is 103 Å². The summed E-state index contributed by atoms with van der Waals surface area (Å²) >= 11 is 0. The summed E-state index contributed by atoms with van der Waals surface area (Å²) in [5.74, 6) is 6.04. The van der Waals surface area contributed by atoms with E-state index >= 15 is 9.59 Å². The second-order valence-corrected chi connectivity index (χ2v) is 21.8. The lowest BCUT2D eigenvalue weighted by Crippen LogP contribution is -2.19. The van der Waals surface area contributed by atoms with Gasteiger partial charge in [-0.05, 0) is 148 Å². The Morgan fingerprint density at radius 1 is 0.261 bits per heavy atom. The number of nitrogens with zero attached hydrogens (tertiary/aromatic N) is 3. The molecule has 0 radical (unpaired) electrons. The zero-order chi connectivity index (χ0) is 59.3. The van der Waals surface area contributed by atoms with Crippen molar-refractivity contribution in [2.45, 2.75) is 0 Å². The molecule has 12 heteroatoms. The summed E-state index contributed by atoms with van der Waals surface area (Å²) in [6.07, 6.45) is 0. The monoisotopic (exact) mass is 1150 g/mol. The number of methoxy groups -OCH3 is 4. The molecule has 3 heterocycles. The normalized spacial score (nSPS) is 12.6. The van der Waals surface area contributed by atoms with Crippen LogP contribution in [0.1, 0.15) is 0 Å². The van der Waals surface area contributed by atoms with Crippen molar-refractivity contribution in [2.75, 3.05) is 43.1 Å². The molecule has 0 aliphatic carbocycles. The van der Waals surface area contributed by atoms with E-state index in [4.69, 9.17) is 33.2 Å². The second kappa shape index (κ2) is 20.5. The van der Waals surface area contributed by atoms with Crippen LogP contribution in [-0.2, 0) is 0 Å². The van der Waals surface area contributed by atoms with E-state index in [2.05, 4.69) is 81.4 Å². The van der Waals surface area contributed by atoms with Gasteiger partial charge >= 0.3 is 0 Å². The van der Waals surface area contributed by atoms with E-state index in [1.807, 2.05) is 158 Å². The maximum atomic E-state index is 16.1. The first-order valence-corrected chi connectivity index (χ1v) is 28.7. The average Bonchev–Trinajstić information content (AvgIpc) is 1.18. The van der Waals surface area contributed by atoms with Gasteiger partial charge in [-0.3, -0.25) is 9.59 Å². The third-order valence-electron chi connectivity index (χ3n) is 17.0. The molecule has 0 bridgehead atoms. The fraction of sp³-hybridized carbons (Fsp3) is 0.0526. The Morgan fingerprint density at radius 2 is 0.659 bits per heavy atom. The molecule has 3 aliphatic rings. The van der Waals surface area contributed by atoms with E-state index in [-0.39, 0.29) is 10.9 Å². The Bertz CT molecular complexity index is 5020. The van der Waals surface area contributed by atoms with Crippen LogP contribution in [0.15, 0.2) is 246 Å². The van der Waals surface area contributed by atoms with Gasteiger partial charge in [0.25, 0.3) is 0 Å². The highest BCUT2D eigenvalue weighted by Crippen LogP contribution is 2.58. The molecule has 0 unspecified atom stereocenters. The summed E-state index contributed by atoms with van der Waals surface area (Å²) in [6, 6.07) is 77.1. The first-order chi connectivity index (χ1) is 43.2. The smallest absolute Gasteiger partial charge is 0.194 e. The van der Waals surface area contributed by atoms with E-state index in [1.165, 1.54) is 0 Å². The van der Waals surface area contributed by atoms with Gasteiger partial charge in [-0.25, -0.2) is 0 Å². The van der Waals surface area contributed by atoms with E-state index in [1.54, 1.807) is 40.6 Å². The summed E-state index contributed by atoms with van der Waals surface area (Å²) < 4.78 is 43.4. The van der Waals surface area contributed by atoms with Gasteiger partial charge in [0.05, 0.1) is 68.3 Å². The van der Waals surface area contributed by atoms with Gasteiger partial charge in [-0.15, -0.1) is 0 Å². The third-order valence-corrected chi connectivity index (χ3v) is 17.0. The van der Waals surface area contributed by atoms with Crippen LogP contribution >= 0.6 is 0 Å². The minimum atomic E-state index is -0.253. The lowest BCUT2D eigenvalue weighted by Gasteiger charge is -2.36. The first kappa shape index (κ1) is 51.8. The highest BCUT2D eigenvalue weighted by molar-refractivity contribution is 6.14. The molecule has 0 spiro atoms. The molecule has 424 valence electrons. The molecule has 0 amide bonds. The quantitative estimate of drug-likeness (QED) is 0.137. The van der Waals surface area contributed by atoms with Crippen LogP contribution in [0.5, 0.6) is 57.5 Å². The maximum Gasteiger partial charge on any atom is 0.194 e. The molecule has 88 heavy (non-hydrogen) atoms. The van der Waals surface area contributed by atoms with Gasteiger partial charge in [0.2, 0.25) is 0 Å². The SMILES string of the molecule is COc1ccc2c(c1)N(c1cc(N3c4cc(OC)ccc4Oc4ccc(OC)cc43)c3ccc4c(ccc5c(=O)c6cc(N7c8ccc(-c9ccccc9)cc8Oc8cc(-c9ccccc9)ccc87)ccc6ccc54)c(=O)c3c1)c1cc(OC)ccc1O2. The highest BCUT2D eigenvalue weighted by Gasteiger charge is 2.34. The van der Waals surface area contributed by atoms with Crippen molar-refractivity contribution in [3.05, 3.63) is 257 Å². The first-order valence-electron chi connectivity index (χ1n) is 28.7. The highest BCUT2D eigenvalue weighted by atomic mass is 16.5. The molecule has 0 saturated heterocycles. The molecule has 0 atom stereocenters. The second-order valence-electron chi connectivity index (χ2n) is 21.8. The number of hydrogen-bond acceptors (Lipinski definition) is 12. The molecule has 0 N–H and O–H groups in total. The molecular formula is C76H51N3O9. The van der Waals surface area contributed by atoms with Crippen LogP contribution in [0, 0.1) is 0 Å². The molecule has 0 aromatic heterocycles. The fourth-order valence-electron chi connectivity index (χ4n) is 12.6. The van der Waals surface area contributed by atoms with E-state index in [0.717, 1.165) is 44.7 Å². The molecule has 13 aromatic rings. The average molecular weight is 1150 g/mol. The number of fused-ring (bicyclic) bond motifs is 11. The van der Waals surface area contributed by atoms with E-state index < -0.39 is 0 Å². The van der Waals surface area contributed by atoms with Crippen molar-refractivity contribution in [2.24, 2.45) is 0 Å². The minimum absolute atomic E-state index is 0.183. The Balaban J connectivity index is 0.925. The lowest BCUT2D eigenvalue weighted by atomic mass is 10.0. The standard InChI is InChI=1S/C76H51N3O9/c1-82-51-20-31-69-65(40-51)78(66-41-52(83-2)21-32-70(66)86-69)50-38-61-57(64(39-50)79-67-42-53(84-3)22-33-71(67)87-72-34-23-54(85-4)43-68(72)79)26-25-56-55-24-16-46-15-19-49(37-60(46)75(80)58(55)27-28-59(56)76(61)81)77-62-29-17-47(44-11-7-5-8-12-44)35-73(62)88-74-36-48(18-30-63(74)77)45-13-9-6-10-14-45/h5-43H,1-4H3. The molecule has 0 saturated carbocycles. The minimum Gasteiger partial charge on any atom is -0.497 e. The zero-order valence-electron chi connectivity index (χ0n) is 48.0. The topological polar surface area (TPSA) is 108 Å². The van der Waals surface area contributed by atoms with Gasteiger partial charge < -0.3 is 47.9 Å². The number of ether oxygens (including phenoxy) is 7. The summed E-state index contributed by atoms with van der Waals surface area (Å²) in [6.45, 7) is 0.